The van der Waals surface area contributed by atoms with E-state index in [9.17, 15) is 0 Å². The van der Waals surface area contributed by atoms with Crippen molar-refractivity contribution in [3.05, 3.63) is 54.4 Å². The minimum absolute atomic E-state index is 0.418. The summed E-state index contributed by atoms with van der Waals surface area (Å²) < 4.78 is 0. The molecule has 0 radical (unpaired) electrons. The summed E-state index contributed by atoms with van der Waals surface area (Å²) in [6.07, 6.45) is 4.68. The molecule has 3 rings (SSSR count). The van der Waals surface area contributed by atoms with Gasteiger partial charge in [-0.25, -0.2) is 9.97 Å². The molecule has 1 fully saturated rings. The van der Waals surface area contributed by atoms with Gasteiger partial charge < -0.3 is 5.32 Å². The van der Waals surface area contributed by atoms with Crippen molar-refractivity contribution >= 4 is 5.95 Å². The number of aromatic nitrogens is 2. The van der Waals surface area contributed by atoms with Crippen molar-refractivity contribution in [2.75, 3.05) is 11.9 Å². The summed E-state index contributed by atoms with van der Waals surface area (Å²) in [5, 5.41) is 3.44. The van der Waals surface area contributed by atoms with E-state index in [1.165, 1.54) is 5.56 Å². The molecule has 1 aromatic carbocycles. The minimum Gasteiger partial charge on any atom is -0.350 e. The zero-order chi connectivity index (χ0) is 13.8. The van der Waals surface area contributed by atoms with Crippen molar-refractivity contribution < 1.29 is 0 Å². The van der Waals surface area contributed by atoms with E-state index in [-0.39, 0.29) is 0 Å². The number of nitrogens with one attached hydrogen (secondary N) is 1. The first-order valence-corrected chi connectivity index (χ1v) is 7.14. The predicted molar refractivity (Wildman–Crippen MR) is 80.4 cm³/mol. The molecule has 2 aromatic rings. The van der Waals surface area contributed by atoms with Crippen LogP contribution in [0.15, 0.2) is 48.8 Å². The first kappa shape index (κ1) is 13.1. The van der Waals surface area contributed by atoms with Gasteiger partial charge in [-0.15, -0.1) is 0 Å². The van der Waals surface area contributed by atoms with E-state index >= 15 is 0 Å². The average Bonchev–Trinajstić information content (AvgIpc) is 2.83. The molecule has 2 unspecified atom stereocenters. The SMILES string of the molecule is CC1C(Nc2ncccn2)CCN1Cc1ccccc1. The van der Waals surface area contributed by atoms with Crippen LogP contribution in [0.1, 0.15) is 18.9 Å². The predicted octanol–water partition coefficient (Wildman–Crippen LogP) is 2.55. The first-order chi connectivity index (χ1) is 9.83. The maximum Gasteiger partial charge on any atom is 0.222 e. The Morgan fingerprint density at radius 2 is 1.90 bits per heavy atom. The lowest BCUT2D eigenvalue weighted by atomic mass is 10.1. The second-order valence-electron chi connectivity index (χ2n) is 5.31. The van der Waals surface area contributed by atoms with Gasteiger partial charge >= 0.3 is 0 Å². The molecule has 0 amide bonds. The number of benzene rings is 1. The lowest BCUT2D eigenvalue weighted by molar-refractivity contribution is 0.255. The zero-order valence-electron chi connectivity index (χ0n) is 11.7. The molecular formula is C16H20N4. The van der Waals surface area contributed by atoms with E-state index in [1.54, 1.807) is 12.4 Å². The second-order valence-corrected chi connectivity index (χ2v) is 5.31. The summed E-state index contributed by atoms with van der Waals surface area (Å²) >= 11 is 0. The lowest BCUT2D eigenvalue weighted by Crippen LogP contribution is -2.36. The maximum atomic E-state index is 4.24. The highest BCUT2D eigenvalue weighted by molar-refractivity contribution is 5.26. The van der Waals surface area contributed by atoms with Gasteiger partial charge in [0, 0.05) is 37.6 Å². The van der Waals surface area contributed by atoms with Gasteiger partial charge in [-0.05, 0) is 25.0 Å². The van der Waals surface area contributed by atoms with Crippen molar-refractivity contribution in [2.24, 2.45) is 0 Å². The number of likely N-dealkylation sites (tertiary alicyclic amines) is 1. The monoisotopic (exact) mass is 268 g/mol. The first-order valence-electron chi connectivity index (χ1n) is 7.14. The smallest absolute Gasteiger partial charge is 0.222 e. The van der Waals surface area contributed by atoms with Crippen LogP contribution in [-0.4, -0.2) is 33.5 Å². The molecule has 0 spiro atoms. The molecule has 4 nitrogen and oxygen atoms in total. The Kier molecular flexibility index (Phi) is 3.92. The van der Waals surface area contributed by atoms with Gasteiger partial charge in [-0.2, -0.15) is 0 Å². The Labute approximate surface area is 119 Å². The molecule has 1 saturated heterocycles. The second kappa shape index (κ2) is 6.01. The Hall–Kier alpha value is -1.94. The Morgan fingerprint density at radius 3 is 2.65 bits per heavy atom. The van der Waals surface area contributed by atoms with E-state index in [0.717, 1.165) is 25.5 Å². The van der Waals surface area contributed by atoms with Crippen LogP contribution in [0.2, 0.25) is 0 Å². The molecular weight excluding hydrogens is 248 g/mol. The van der Waals surface area contributed by atoms with Crippen LogP contribution in [0, 0.1) is 0 Å². The van der Waals surface area contributed by atoms with E-state index in [2.05, 4.69) is 57.4 Å². The Balaban J connectivity index is 1.61. The normalized spacial score (nSPS) is 22.9. The van der Waals surface area contributed by atoms with Crippen LogP contribution in [-0.2, 0) is 6.54 Å². The van der Waals surface area contributed by atoms with Crippen LogP contribution >= 0.6 is 0 Å². The fourth-order valence-electron chi connectivity index (χ4n) is 2.78. The van der Waals surface area contributed by atoms with Crippen LogP contribution in [0.4, 0.5) is 5.95 Å². The molecule has 4 heteroatoms. The van der Waals surface area contributed by atoms with Crippen LogP contribution < -0.4 is 5.32 Å². The van der Waals surface area contributed by atoms with Crippen LogP contribution in [0.3, 0.4) is 0 Å². The quantitative estimate of drug-likeness (QED) is 0.925. The van der Waals surface area contributed by atoms with Crippen molar-refractivity contribution in [1.82, 2.24) is 14.9 Å². The van der Waals surface area contributed by atoms with Gasteiger partial charge in [0.1, 0.15) is 0 Å². The minimum atomic E-state index is 0.418. The number of anilines is 1. The Morgan fingerprint density at radius 1 is 1.15 bits per heavy atom. The summed E-state index contributed by atoms with van der Waals surface area (Å²) in [5.41, 5.74) is 1.37. The maximum absolute atomic E-state index is 4.24. The summed E-state index contributed by atoms with van der Waals surface area (Å²) in [4.78, 5) is 11.0. The van der Waals surface area contributed by atoms with Gasteiger partial charge in [-0.3, -0.25) is 4.90 Å². The summed E-state index contributed by atoms with van der Waals surface area (Å²) in [5.74, 6) is 0.728. The van der Waals surface area contributed by atoms with Crippen molar-refractivity contribution in [3.63, 3.8) is 0 Å². The summed E-state index contributed by atoms with van der Waals surface area (Å²) in [6.45, 7) is 4.40. The van der Waals surface area contributed by atoms with Gasteiger partial charge in [0.2, 0.25) is 5.95 Å². The van der Waals surface area contributed by atoms with E-state index in [0.29, 0.717) is 12.1 Å². The Bertz CT molecular complexity index is 479. The van der Waals surface area contributed by atoms with E-state index in [1.807, 2.05) is 6.07 Å². The van der Waals surface area contributed by atoms with Gasteiger partial charge in [0.15, 0.2) is 0 Å². The fourth-order valence-corrected chi connectivity index (χ4v) is 2.78. The highest BCUT2D eigenvalue weighted by Crippen LogP contribution is 2.22. The van der Waals surface area contributed by atoms with E-state index in [4.69, 9.17) is 0 Å². The summed E-state index contributed by atoms with van der Waals surface area (Å²) in [7, 11) is 0. The molecule has 1 N–H and O–H groups in total. The van der Waals surface area contributed by atoms with Crippen molar-refractivity contribution in [1.29, 1.82) is 0 Å². The number of rotatable bonds is 4. The highest BCUT2D eigenvalue weighted by atomic mass is 15.2. The van der Waals surface area contributed by atoms with Gasteiger partial charge in [0.25, 0.3) is 0 Å². The lowest BCUT2D eigenvalue weighted by Gasteiger charge is -2.25. The standard InChI is InChI=1S/C16H20N4/c1-13-15(19-16-17-9-5-10-18-16)8-11-20(13)12-14-6-3-2-4-7-14/h2-7,9-10,13,15H,8,11-12H2,1H3,(H,17,18,19). The van der Waals surface area contributed by atoms with Crippen molar-refractivity contribution in [3.8, 4) is 0 Å². The zero-order valence-corrected chi connectivity index (χ0v) is 11.7. The number of nitrogens with zero attached hydrogens (tertiary/aromatic N) is 3. The molecule has 2 atom stereocenters. The molecule has 104 valence electrons. The molecule has 0 saturated carbocycles. The molecule has 0 bridgehead atoms. The average molecular weight is 268 g/mol. The van der Waals surface area contributed by atoms with Crippen LogP contribution in [0.5, 0.6) is 0 Å². The van der Waals surface area contributed by atoms with Gasteiger partial charge in [0.05, 0.1) is 0 Å². The van der Waals surface area contributed by atoms with Gasteiger partial charge in [-0.1, -0.05) is 30.3 Å². The van der Waals surface area contributed by atoms with Crippen molar-refractivity contribution in [2.45, 2.75) is 32.0 Å². The third-order valence-electron chi connectivity index (χ3n) is 3.99. The third kappa shape index (κ3) is 2.96. The third-order valence-corrected chi connectivity index (χ3v) is 3.99. The molecule has 1 aromatic heterocycles. The number of hydrogen-bond acceptors (Lipinski definition) is 4. The summed E-state index contributed by atoms with van der Waals surface area (Å²) in [6, 6.07) is 13.4. The van der Waals surface area contributed by atoms with E-state index < -0.39 is 0 Å². The highest BCUT2D eigenvalue weighted by Gasteiger charge is 2.30. The fraction of sp³-hybridized carbons (Fsp3) is 0.375. The molecule has 1 aliphatic heterocycles. The van der Waals surface area contributed by atoms with Crippen LogP contribution in [0.25, 0.3) is 0 Å². The molecule has 1 aliphatic rings. The molecule has 2 heterocycles. The molecule has 20 heavy (non-hydrogen) atoms. The molecule has 0 aliphatic carbocycles. The largest absolute Gasteiger partial charge is 0.350 e. The topological polar surface area (TPSA) is 41.1 Å². The number of hydrogen-bond donors (Lipinski definition) is 1.